The summed E-state index contributed by atoms with van der Waals surface area (Å²) >= 11 is 5.96. The molecule has 0 amide bonds. The van der Waals surface area contributed by atoms with Gasteiger partial charge in [0.1, 0.15) is 5.78 Å². The zero-order valence-electron chi connectivity index (χ0n) is 8.82. The molecule has 1 fully saturated rings. The average molecular weight is 257 g/mol. The largest absolute Gasteiger partial charge is 0.298 e. The predicted molar refractivity (Wildman–Crippen MR) is 65.9 cm³/mol. The molecule has 0 saturated heterocycles. The van der Waals surface area contributed by atoms with Crippen LogP contribution in [0.4, 0.5) is 0 Å². The predicted octanol–water partition coefficient (Wildman–Crippen LogP) is 2.57. The highest BCUT2D eigenvalue weighted by atomic mass is 35.5. The highest BCUT2D eigenvalue weighted by Gasteiger charge is 2.30. The van der Waals surface area contributed by atoms with Crippen molar-refractivity contribution >= 4 is 28.2 Å². The summed E-state index contributed by atoms with van der Waals surface area (Å²) in [5, 5.41) is 0.620. The van der Waals surface area contributed by atoms with Crippen LogP contribution < -0.4 is 0 Å². The molecule has 0 aromatic heterocycles. The molecular weight excluding hydrogens is 244 g/mol. The topological polar surface area (TPSA) is 34.1 Å². The van der Waals surface area contributed by atoms with E-state index in [0.29, 0.717) is 10.8 Å². The van der Waals surface area contributed by atoms with Crippen molar-refractivity contribution in [2.75, 3.05) is 5.75 Å². The van der Waals surface area contributed by atoms with Crippen LogP contribution in [0.2, 0.25) is 5.02 Å². The summed E-state index contributed by atoms with van der Waals surface area (Å²) in [6, 6.07) is 7.32. The number of halogens is 1. The van der Waals surface area contributed by atoms with Gasteiger partial charge in [-0.15, -0.1) is 0 Å². The van der Waals surface area contributed by atoms with E-state index in [-0.39, 0.29) is 17.5 Å². The lowest BCUT2D eigenvalue weighted by Gasteiger charge is -2.03. The maximum Gasteiger partial charge on any atom is 0.148 e. The van der Waals surface area contributed by atoms with Crippen molar-refractivity contribution in [2.45, 2.75) is 18.6 Å². The number of carbonyl (C=O) groups is 1. The Kier molecular flexibility index (Phi) is 3.77. The van der Waals surface area contributed by atoms with E-state index in [9.17, 15) is 9.00 Å². The molecule has 2 nitrogen and oxygen atoms in total. The second kappa shape index (κ2) is 5.11. The fourth-order valence-corrected chi connectivity index (χ4v) is 3.06. The molecule has 0 N–H and O–H groups in total. The zero-order valence-corrected chi connectivity index (χ0v) is 10.4. The molecule has 0 radical (unpaired) electrons. The second-order valence-electron chi connectivity index (χ2n) is 4.06. The first-order chi connectivity index (χ1) is 7.66. The van der Waals surface area contributed by atoms with Crippen molar-refractivity contribution < 1.29 is 9.00 Å². The van der Waals surface area contributed by atoms with E-state index in [1.165, 1.54) is 0 Å². The Balaban J connectivity index is 1.91. The van der Waals surface area contributed by atoms with Gasteiger partial charge in [-0.1, -0.05) is 29.8 Å². The van der Waals surface area contributed by atoms with Crippen LogP contribution in [0.25, 0.3) is 0 Å². The Morgan fingerprint density at radius 1 is 1.38 bits per heavy atom. The third-order valence-corrected chi connectivity index (χ3v) is 4.22. The molecule has 0 bridgehead atoms. The van der Waals surface area contributed by atoms with Gasteiger partial charge in [0.15, 0.2) is 0 Å². The van der Waals surface area contributed by atoms with Crippen molar-refractivity contribution in [3.05, 3.63) is 34.9 Å². The second-order valence-corrected chi connectivity index (χ2v) is 5.92. The molecule has 1 saturated carbocycles. The molecule has 4 heteroatoms. The molecule has 1 aromatic rings. The van der Waals surface area contributed by atoms with Crippen molar-refractivity contribution in [3.63, 3.8) is 0 Å². The van der Waals surface area contributed by atoms with Crippen LogP contribution >= 0.6 is 11.6 Å². The molecule has 86 valence electrons. The van der Waals surface area contributed by atoms with Crippen LogP contribution in [0.5, 0.6) is 0 Å². The average Bonchev–Trinajstić information content (AvgIpc) is 3.04. The van der Waals surface area contributed by atoms with Crippen LogP contribution in [0.1, 0.15) is 18.4 Å². The summed E-state index contributed by atoms with van der Waals surface area (Å²) in [6.45, 7) is 0. The number of benzene rings is 1. The van der Waals surface area contributed by atoms with Crippen LogP contribution in [-0.2, 0) is 21.3 Å². The van der Waals surface area contributed by atoms with E-state index in [1.54, 1.807) is 6.07 Å². The molecule has 1 aliphatic rings. The summed E-state index contributed by atoms with van der Waals surface area (Å²) in [6.07, 6.45) is 1.95. The molecule has 1 aliphatic carbocycles. The van der Waals surface area contributed by atoms with E-state index in [2.05, 4.69) is 0 Å². The minimum Gasteiger partial charge on any atom is -0.298 e. The van der Waals surface area contributed by atoms with Crippen molar-refractivity contribution in [1.82, 2.24) is 0 Å². The number of ketones is 1. The maximum atomic E-state index is 11.7. The smallest absolute Gasteiger partial charge is 0.148 e. The summed E-state index contributed by atoms with van der Waals surface area (Å²) in [5.41, 5.74) is 0.853. The van der Waals surface area contributed by atoms with Crippen LogP contribution in [0.3, 0.4) is 0 Å². The minimum absolute atomic E-state index is 0.144. The number of carbonyl (C=O) groups excluding carboxylic acids is 1. The highest BCUT2D eigenvalue weighted by Crippen LogP contribution is 2.30. The quantitative estimate of drug-likeness (QED) is 0.812. The number of hydrogen-bond donors (Lipinski definition) is 0. The maximum absolute atomic E-state index is 11.7. The van der Waals surface area contributed by atoms with Crippen LogP contribution in [-0.4, -0.2) is 15.7 Å². The minimum atomic E-state index is -1.13. The van der Waals surface area contributed by atoms with Gasteiger partial charge >= 0.3 is 0 Å². The van der Waals surface area contributed by atoms with Gasteiger partial charge < -0.3 is 0 Å². The SMILES string of the molecule is O=C(CS(=O)Cc1ccccc1Cl)C1CC1. The Hall–Kier alpha value is -0.670. The van der Waals surface area contributed by atoms with Gasteiger partial charge in [-0.25, -0.2) is 0 Å². The lowest BCUT2D eigenvalue weighted by atomic mass is 10.2. The summed E-state index contributed by atoms with van der Waals surface area (Å²) in [5.74, 6) is 0.883. The van der Waals surface area contributed by atoms with Crippen molar-refractivity contribution in [2.24, 2.45) is 5.92 Å². The molecule has 1 atom stereocenters. The molecule has 1 aromatic carbocycles. The Morgan fingerprint density at radius 2 is 2.06 bits per heavy atom. The molecular formula is C12H13ClO2S. The van der Waals surface area contributed by atoms with E-state index in [4.69, 9.17) is 11.6 Å². The fraction of sp³-hybridized carbons (Fsp3) is 0.417. The van der Waals surface area contributed by atoms with E-state index in [0.717, 1.165) is 18.4 Å². The summed E-state index contributed by atoms with van der Waals surface area (Å²) in [4.78, 5) is 11.5. The molecule has 0 aliphatic heterocycles. The first-order valence-electron chi connectivity index (χ1n) is 5.28. The van der Waals surface area contributed by atoms with Gasteiger partial charge in [0, 0.05) is 21.7 Å². The number of hydrogen-bond acceptors (Lipinski definition) is 2. The van der Waals surface area contributed by atoms with Gasteiger partial charge in [0.05, 0.1) is 11.5 Å². The standard InChI is InChI=1S/C12H13ClO2S/c13-11-4-2-1-3-10(11)7-16(15)8-12(14)9-5-6-9/h1-4,9H,5-8H2. The van der Waals surface area contributed by atoms with E-state index in [1.807, 2.05) is 18.2 Å². The normalized spacial score (nSPS) is 17.1. The van der Waals surface area contributed by atoms with Crippen molar-refractivity contribution in [1.29, 1.82) is 0 Å². The first kappa shape index (κ1) is 11.8. The monoisotopic (exact) mass is 256 g/mol. The van der Waals surface area contributed by atoms with Crippen molar-refractivity contribution in [3.8, 4) is 0 Å². The zero-order chi connectivity index (χ0) is 11.5. The Bertz CT molecular complexity index is 427. The van der Waals surface area contributed by atoms with Gasteiger partial charge in [-0.05, 0) is 24.5 Å². The lowest BCUT2D eigenvalue weighted by molar-refractivity contribution is -0.117. The highest BCUT2D eigenvalue weighted by molar-refractivity contribution is 7.84. The van der Waals surface area contributed by atoms with Gasteiger partial charge in [-0.3, -0.25) is 9.00 Å². The fourth-order valence-electron chi connectivity index (χ4n) is 1.52. The van der Waals surface area contributed by atoms with Gasteiger partial charge in [-0.2, -0.15) is 0 Å². The molecule has 1 unspecified atom stereocenters. The summed E-state index contributed by atoms with van der Waals surface area (Å²) < 4.78 is 11.7. The first-order valence-corrected chi connectivity index (χ1v) is 7.14. The molecule has 0 heterocycles. The lowest BCUT2D eigenvalue weighted by Crippen LogP contribution is -2.13. The number of rotatable bonds is 5. The van der Waals surface area contributed by atoms with E-state index < -0.39 is 10.8 Å². The summed E-state index contributed by atoms with van der Waals surface area (Å²) in [7, 11) is -1.13. The van der Waals surface area contributed by atoms with Crippen LogP contribution in [0.15, 0.2) is 24.3 Å². The van der Waals surface area contributed by atoms with Gasteiger partial charge in [0.25, 0.3) is 0 Å². The third-order valence-electron chi connectivity index (χ3n) is 2.61. The third kappa shape index (κ3) is 3.16. The molecule has 16 heavy (non-hydrogen) atoms. The molecule has 2 rings (SSSR count). The molecule has 0 spiro atoms. The van der Waals surface area contributed by atoms with Gasteiger partial charge in [0.2, 0.25) is 0 Å². The Morgan fingerprint density at radius 3 is 2.69 bits per heavy atom. The number of Topliss-reactive ketones (excluding diaryl/α,β-unsaturated/α-hetero) is 1. The van der Waals surface area contributed by atoms with E-state index >= 15 is 0 Å². The van der Waals surface area contributed by atoms with Crippen LogP contribution in [0, 0.1) is 5.92 Å². The Labute approximate surface area is 102 Å².